The highest BCUT2D eigenvalue weighted by atomic mass is 32.2. The molecule has 0 amide bonds. The predicted molar refractivity (Wildman–Crippen MR) is 76.7 cm³/mol. The van der Waals surface area contributed by atoms with Crippen molar-refractivity contribution in [1.82, 2.24) is 24.5 Å². The van der Waals surface area contributed by atoms with Crippen LogP contribution in [0.15, 0.2) is 29.6 Å². The van der Waals surface area contributed by atoms with E-state index in [1.807, 2.05) is 0 Å². The molecule has 0 saturated heterocycles. The van der Waals surface area contributed by atoms with Crippen molar-refractivity contribution >= 4 is 10.0 Å². The van der Waals surface area contributed by atoms with Gasteiger partial charge in [0, 0.05) is 18.9 Å². The maximum Gasteiger partial charge on any atom is 0.244 e. The molecule has 21 heavy (non-hydrogen) atoms. The Kier molecular flexibility index (Phi) is 4.99. The van der Waals surface area contributed by atoms with E-state index in [4.69, 9.17) is 5.73 Å². The molecule has 0 unspecified atom stereocenters. The van der Waals surface area contributed by atoms with Crippen LogP contribution in [-0.4, -0.2) is 34.7 Å². The van der Waals surface area contributed by atoms with Gasteiger partial charge in [-0.05, 0) is 26.0 Å². The van der Waals surface area contributed by atoms with Crippen molar-refractivity contribution < 1.29 is 8.42 Å². The van der Waals surface area contributed by atoms with E-state index < -0.39 is 10.0 Å². The molecule has 0 aliphatic rings. The molecule has 8 nitrogen and oxygen atoms in total. The summed E-state index contributed by atoms with van der Waals surface area (Å²) in [6.45, 7) is 2.99. The Bertz CT molecular complexity index is 697. The SMILES string of the molecule is Cc1nccc(CNS(=O)(=O)c2cnn(CCCN)c2)n1. The van der Waals surface area contributed by atoms with Gasteiger partial charge < -0.3 is 5.73 Å². The first-order valence-electron chi connectivity index (χ1n) is 6.52. The van der Waals surface area contributed by atoms with Crippen molar-refractivity contribution in [1.29, 1.82) is 0 Å². The number of sulfonamides is 1. The molecule has 2 aromatic heterocycles. The zero-order chi connectivity index (χ0) is 15.3. The van der Waals surface area contributed by atoms with Gasteiger partial charge in [0.05, 0.1) is 18.4 Å². The highest BCUT2D eigenvalue weighted by molar-refractivity contribution is 7.89. The first kappa shape index (κ1) is 15.5. The molecule has 0 bridgehead atoms. The van der Waals surface area contributed by atoms with Gasteiger partial charge in [0.1, 0.15) is 10.7 Å². The highest BCUT2D eigenvalue weighted by Crippen LogP contribution is 2.08. The summed E-state index contributed by atoms with van der Waals surface area (Å²) in [4.78, 5) is 8.24. The van der Waals surface area contributed by atoms with Crippen LogP contribution in [0.3, 0.4) is 0 Å². The number of aromatic nitrogens is 4. The number of aryl methyl sites for hydroxylation is 2. The number of hydrogen-bond acceptors (Lipinski definition) is 6. The third-order valence-corrected chi connectivity index (χ3v) is 4.14. The molecule has 9 heteroatoms. The summed E-state index contributed by atoms with van der Waals surface area (Å²) in [5, 5.41) is 4.01. The van der Waals surface area contributed by atoms with Crippen molar-refractivity contribution in [2.24, 2.45) is 5.73 Å². The van der Waals surface area contributed by atoms with Crippen LogP contribution in [0.4, 0.5) is 0 Å². The lowest BCUT2D eigenvalue weighted by molar-refractivity contribution is 0.575. The van der Waals surface area contributed by atoms with E-state index in [1.165, 1.54) is 12.4 Å². The molecule has 0 aromatic carbocycles. The van der Waals surface area contributed by atoms with Gasteiger partial charge in [-0.1, -0.05) is 0 Å². The Hall–Kier alpha value is -1.84. The molecular weight excluding hydrogens is 292 g/mol. The molecule has 0 aliphatic heterocycles. The van der Waals surface area contributed by atoms with Crippen LogP contribution in [0.5, 0.6) is 0 Å². The normalized spacial score (nSPS) is 11.7. The quantitative estimate of drug-likeness (QED) is 0.732. The largest absolute Gasteiger partial charge is 0.330 e. The minimum Gasteiger partial charge on any atom is -0.330 e. The van der Waals surface area contributed by atoms with Crippen LogP contribution in [0.2, 0.25) is 0 Å². The first-order valence-corrected chi connectivity index (χ1v) is 8.00. The molecule has 2 heterocycles. The Morgan fingerprint density at radius 1 is 1.43 bits per heavy atom. The lowest BCUT2D eigenvalue weighted by Crippen LogP contribution is -2.23. The van der Waals surface area contributed by atoms with Crippen LogP contribution in [0.1, 0.15) is 17.9 Å². The molecule has 2 aromatic rings. The third kappa shape index (κ3) is 4.31. The van der Waals surface area contributed by atoms with Gasteiger partial charge in [0.2, 0.25) is 10.0 Å². The van der Waals surface area contributed by atoms with Crippen molar-refractivity contribution in [3.63, 3.8) is 0 Å². The van der Waals surface area contributed by atoms with Gasteiger partial charge in [0.25, 0.3) is 0 Å². The maximum atomic E-state index is 12.1. The minimum atomic E-state index is -3.60. The Morgan fingerprint density at radius 2 is 2.24 bits per heavy atom. The highest BCUT2D eigenvalue weighted by Gasteiger charge is 2.16. The number of nitrogens with one attached hydrogen (secondary N) is 1. The summed E-state index contributed by atoms with van der Waals surface area (Å²) in [6.07, 6.45) is 5.15. The summed E-state index contributed by atoms with van der Waals surface area (Å²) in [5.41, 5.74) is 6.02. The Labute approximate surface area is 123 Å². The van der Waals surface area contributed by atoms with Gasteiger partial charge >= 0.3 is 0 Å². The second-order valence-corrected chi connectivity index (χ2v) is 6.27. The number of nitrogens with two attached hydrogens (primary N) is 1. The molecule has 114 valence electrons. The average Bonchev–Trinajstić information content (AvgIpc) is 2.93. The summed E-state index contributed by atoms with van der Waals surface area (Å²) in [5.74, 6) is 0.598. The fraction of sp³-hybridized carbons (Fsp3) is 0.417. The van der Waals surface area contributed by atoms with E-state index in [-0.39, 0.29) is 11.4 Å². The average molecular weight is 310 g/mol. The number of rotatable bonds is 7. The van der Waals surface area contributed by atoms with Crippen LogP contribution in [-0.2, 0) is 23.1 Å². The topological polar surface area (TPSA) is 116 Å². The van der Waals surface area contributed by atoms with Gasteiger partial charge in [0.15, 0.2) is 0 Å². The predicted octanol–water partition coefficient (Wildman–Crippen LogP) is -0.191. The summed E-state index contributed by atoms with van der Waals surface area (Å²) in [7, 11) is -3.60. The van der Waals surface area contributed by atoms with Crippen LogP contribution in [0.25, 0.3) is 0 Å². The van der Waals surface area contributed by atoms with Crippen LogP contribution >= 0.6 is 0 Å². The first-order chi connectivity index (χ1) is 10.0. The molecule has 0 aliphatic carbocycles. The van der Waals surface area contributed by atoms with Crippen molar-refractivity contribution in [2.75, 3.05) is 6.54 Å². The summed E-state index contributed by atoms with van der Waals surface area (Å²) >= 11 is 0. The van der Waals surface area contributed by atoms with E-state index in [9.17, 15) is 8.42 Å². The van der Waals surface area contributed by atoms with Gasteiger partial charge in [-0.15, -0.1) is 0 Å². The van der Waals surface area contributed by atoms with Crippen LogP contribution in [0, 0.1) is 6.92 Å². The number of hydrogen-bond donors (Lipinski definition) is 2. The van der Waals surface area contributed by atoms with E-state index in [2.05, 4.69) is 19.8 Å². The molecule has 0 spiro atoms. The zero-order valence-corrected chi connectivity index (χ0v) is 12.5. The van der Waals surface area contributed by atoms with Crippen molar-refractivity contribution in [3.05, 3.63) is 36.2 Å². The molecular formula is C12H18N6O2S. The Morgan fingerprint density at radius 3 is 2.95 bits per heavy atom. The lowest BCUT2D eigenvalue weighted by atomic mass is 10.4. The number of nitrogens with zero attached hydrogens (tertiary/aromatic N) is 4. The van der Waals surface area contributed by atoms with E-state index in [0.717, 1.165) is 6.42 Å². The van der Waals surface area contributed by atoms with Gasteiger partial charge in [-0.25, -0.2) is 23.1 Å². The monoisotopic (exact) mass is 310 g/mol. The molecule has 3 N–H and O–H groups in total. The Balaban J connectivity index is 2.02. The van der Waals surface area contributed by atoms with E-state index in [0.29, 0.717) is 24.6 Å². The van der Waals surface area contributed by atoms with Crippen LogP contribution < -0.4 is 10.5 Å². The van der Waals surface area contributed by atoms with Gasteiger partial charge in [-0.3, -0.25) is 4.68 Å². The molecule has 0 atom stereocenters. The van der Waals surface area contributed by atoms with Crippen molar-refractivity contribution in [2.45, 2.75) is 31.3 Å². The van der Waals surface area contributed by atoms with E-state index in [1.54, 1.807) is 23.9 Å². The fourth-order valence-corrected chi connectivity index (χ4v) is 2.67. The second kappa shape index (κ2) is 6.74. The molecule has 2 rings (SSSR count). The molecule has 0 fully saturated rings. The standard InChI is InChI=1S/C12H18N6O2S/c1-10-14-5-3-11(17-10)7-16-21(19,20)12-8-15-18(9-12)6-2-4-13/h3,5,8-9,16H,2,4,6-7,13H2,1H3. The summed E-state index contributed by atoms with van der Waals surface area (Å²) in [6, 6.07) is 1.67. The molecule has 0 saturated carbocycles. The van der Waals surface area contributed by atoms with Gasteiger partial charge in [-0.2, -0.15) is 5.10 Å². The van der Waals surface area contributed by atoms with Crippen molar-refractivity contribution in [3.8, 4) is 0 Å². The lowest BCUT2D eigenvalue weighted by Gasteiger charge is -2.04. The molecule has 0 radical (unpaired) electrons. The fourth-order valence-electron chi connectivity index (χ4n) is 1.71. The third-order valence-electron chi connectivity index (χ3n) is 2.79. The maximum absolute atomic E-state index is 12.1. The summed E-state index contributed by atoms with van der Waals surface area (Å²) < 4.78 is 28.3. The second-order valence-electron chi connectivity index (χ2n) is 4.50. The van der Waals surface area contributed by atoms with E-state index >= 15 is 0 Å². The zero-order valence-electron chi connectivity index (χ0n) is 11.7. The smallest absolute Gasteiger partial charge is 0.244 e. The minimum absolute atomic E-state index is 0.111.